The van der Waals surface area contributed by atoms with Gasteiger partial charge in [0.1, 0.15) is 23.3 Å². The highest BCUT2D eigenvalue weighted by molar-refractivity contribution is 5.33. The van der Waals surface area contributed by atoms with E-state index < -0.39 is 0 Å². The number of hydrogen-bond donors (Lipinski definition) is 1. The van der Waals surface area contributed by atoms with E-state index in [0.29, 0.717) is 0 Å². The van der Waals surface area contributed by atoms with E-state index in [2.05, 4.69) is 24.3 Å². The summed E-state index contributed by atoms with van der Waals surface area (Å²) in [5.41, 5.74) is 0.990. The lowest BCUT2D eigenvalue weighted by molar-refractivity contribution is 0.383. The monoisotopic (exact) mass is 263 g/mol. The Bertz CT molecular complexity index is 509. The third-order valence-corrected chi connectivity index (χ3v) is 3.24. The van der Waals surface area contributed by atoms with Crippen molar-refractivity contribution in [2.24, 2.45) is 0 Å². The number of aromatic nitrogens is 2. The highest BCUT2D eigenvalue weighted by Gasteiger charge is 2.24. The summed E-state index contributed by atoms with van der Waals surface area (Å²) in [6.07, 6.45) is 2.63. The Labute approximate surface area is 113 Å². The van der Waals surface area contributed by atoms with Gasteiger partial charge in [0.05, 0.1) is 13.3 Å². The molecule has 0 saturated heterocycles. The number of furan rings is 1. The summed E-state index contributed by atoms with van der Waals surface area (Å²) in [6, 6.07) is 3.96. The van der Waals surface area contributed by atoms with Gasteiger partial charge in [-0.3, -0.25) is 4.68 Å². The summed E-state index contributed by atoms with van der Waals surface area (Å²) in [5.74, 6) is 2.64. The van der Waals surface area contributed by atoms with E-state index in [4.69, 9.17) is 9.15 Å². The zero-order valence-electron chi connectivity index (χ0n) is 11.9. The second-order valence-electron chi connectivity index (χ2n) is 4.29. The number of nitrogens with one attached hydrogen (secondary N) is 1. The number of nitrogens with zero attached hydrogens (tertiary/aromatic N) is 2. The maximum atomic E-state index is 5.85. The summed E-state index contributed by atoms with van der Waals surface area (Å²) >= 11 is 0. The Kier molecular flexibility index (Phi) is 4.27. The lowest BCUT2D eigenvalue weighted by Crippen LogP contribution is -2.21. The van der Waals surface area contributed by atoms with Gasteiger partial charge in [0, 0.05) is 13.0 Å². The van der Waals surface area contributed by atoms with Gasteiger partial charge in [-0.25, -0.2) is 0 Å². The van der Waals surface area contributed by atoms with Crippen molar-refractivity contribution >= 4 is 0 Å². The quantitative estimate of drug-likeness (QED) is 0.869. The topological polar surface area (TPSA) is 52.2 Å². The van der Waals surface area contributed by atoms with Gasteiger partial charge in [0.25, 0.3) is 0 Å². The molecule has 2 aromatic heterocycles. The largest absolute Gasteiger partial charge is 0.493 e. The van der Waals surface area contributed by atoms with E-state index in [1.807, 2.05) is 23.9 Å². The van der Waals surface area contributed by atoms with Gasteiger partial charge < -0.3 is 14.5 Å². The van der Waals surface area contributed by atoms with Crippen LogP contribution in [-0.4, -0.2) is 23.9 Å². The molecule has 2 heterocycles. The second-order valence-corrected chi connectivity index (χ2v) is 4.29. The van der Waals surface area contributed by atoms with Crippen LogP contribution in [-0.2, 0) is 13.0 Å². The maximum absolute atomic E-state index is 5.85. The highest BCUT2D eigenvalue weighted by atomic mass is 16.5. The SMILES string of the molecule is CCc1ccc(C(NC)c2c(OC)cnn2CC)o1. The van der Waals surface area contributed by atoms with E-state index >= 15 is 0 Å². The predicted molar refractivity (Wildman–Crippen MR) is 73.4 cm³/mol. The molecule has 0 aliphatic carbocycles. The van der Waals surface area contributed by atoms with Crippen molar-refractivity contribution in [3.8, 4) is 5.75 Å². The Morgan fingerprint density at radius 1 is 1.42 bits per heavy atom. The standard InChI is InChI=1S/C14H21N3O2/c1-5-10-7-8-11(19-10)13(15-3)14-12(18-4)9-16-17(14)6-2/h7-9,13,15H,5-6H2,1-4H3. The number of ether oxygens (including phenoxy) is 1. The minimum absolute atomic E-state index is 0.0577. The Morgan fingerprint density at radius 2 is 2.21 bits per heavy atom. The highest BCUT2D eigenvalue weighted by Crippen LogP contribution is 2.30. The molecule has 0 aliphatic rings. The van der Waals surface area contributed by atoms with E-state index in [9.17, 15) is 0 Å². The summed E-state index contributed by atoms with van der Waals surface area (Å²) < 4.78 is 13.2. The van der Waals surface area contributed by atoms with E-state index in [-0.39, 0.29) is 6.04 Å². The molecule has 19 heavy (non-hydrogen) atoms. The first-order valence-electron chi connectivity index (χ1n) is 6.60. The molecule has 1 unspecified atom stereocenters. The van der Waals surface area contributed by atoms with Crippen LogP contribution in [0.1, 0.15) is 37.1 Å². The fourth-order valence-electron chi connectivity index (χ4n) is 2.23. The predicted octanol–water partition coefficient (Wildman–Crippen LogP) is 2.38. The zero-order chi connectivity index (χ0) is 13.8. The van der Waals surface area contributed by atoms with Gasteiger partial charge in [-0.15, -0.1) is 0 Å². The molecule has 0 radical (unpaired) electrons. The fraction of sp³-hybridized carbons (Fsp3) is 0.500. The minimum Gasteiger partial charge on any atom is -0.493 e. The number of aryl methyl sites for hydroxylation is 2. The van der Waals surface area contributed by atoms with Crippen LogP contribution in [0.2, 0.25) is 0 Å². The third-order valence-electron chi connectivity index (χ3n) is 3.24. The first-order chi connectivity index (χ1) is 9.24. The number of hydrogen-bond acceptors (Lipinski definition) is 4. The maximum Gasteiger partial charge on any atom is 0.162 e. The van der Waals surface area contributed by atoms with Crippen LogP contribution in [0.3, 0.4) is 0 Å². The molecule has 0 bridgehead atoms. The van der Waals surface area contributed by atoms with Crippen molar-refractivity contribution in [1.29, 1.82) is 0 Å². The van der Waals surface area contributed by atoms with Crippen LogP contribution in [0.5, 0.6) is 5.75 Å². The smallest absolute Gasteiger partial charge is 0.162 e. The number of rotatable bonds is 6. The molecule has 0 spiro atoms. The van der Waals surface area contributed by atoms with E-state index in [0.717, 1.165) is 35.9 Å². The summed E-state index contributed by atoms with van der Waals surface area (Å²) in [7, 11) is 3.57. The Morgan fingerprint density at radius 3 is 2.74 bits per heavy atom. The van der Waals surface area contributed by atoms with Gasteiger partial charge >= 0.3 is 0 Å². The van der Waals surface area contributed by atoms with Crippen molar-refractivity contribution in [1.82, 2.24) is 15.1 Å². The summed E-state index contributed by atoms with van der Waals surface area (Å²) in [5, 5.41) is 7.61. The van der Waals surface area contributed by atoms with Crippen LogP contribution in [0.4, 0.5) is 0 Å². The molecule has 2 rings (SSSR count). The third kappa shape index (κ3) is 2.51. The van der Waals surface area contributed by atoms with E-state index in [1.54, 1.807) is 13.3 Å². The molecule has 2 aromatic rings. The van der Waals surface area contributed by atoms with Gasteiger partial charge in [-0.05, 0) is 26.1 Å². The molecular weight excluding hydrogens is 242 g/mol. The van der Waals surface area contributed by atoms with Crippen molar-refractivity contribution < 1.29 is 9.15 Å². The molecule has 5 nitrogen and oxygen atoms in total. The van der Waals surface area contributed by atoms with Crippen LogP contribution < -0.4 is 10.1 Å². The van der Waals surface area contributed by atoms with Gasteiger partial charge in [0.15, 0.2) is 5.75 Å². The van der Waals surface area contributed by atoms with Gasteiger partial charge in [-0.1, -0.05) is 6.92 Å². The van der Waals surface area contributed by atoms with Crippen molar-refractivity contribution in [3.63, 3.8) is 0 Å². The molecule has 104 valence electrons. The molecule has 1 N–H and O–H groups in total. The van der Waals surface area contributed by atoms with Crippen LogP contribution in [0.15, 0.2) is 22.7 Å². The second kappa shape index (κ2) is 5.93. The van der Waals surface area contributed by atoms with Crippen LogP contribution in [0, 0.1) is 0 Å². The van der Waals surface area contributed by atoms with Crippen LogP contribution in [0.25, 0.3) is 0 Å². The Balaban J connectivity index is 2.43. The Hall–Kier alpha value is -1.75. The zero-order valence-corrected chi connectivity index (χ0v) is 11.9. The minimum atomic E-state index is -0.0577. The molecule has 1 atom stereocenters. The lowest BCUT2D eigenvalue weighted by Gasteiger charge is -2.16. The van der Waals surface area contributed by atoms with Crippen LogP contribution >= 0.6 is 0 Å². The van der Waals surface area contributed by atoms with Crippen molar-refractivity contribution in [2.45, 2.75) is 32.9 Å². The van der Waals surface area contributed by atoms with Gasteiger partial charge in [-0.2, -0.15) is 5.10 Å². The molecule has 0 fully saturated rings. The first kappa shape index (κ1) is 13.7. The van der Waals surface area contributed by atoms with E-state index in [1.165, 1.54) is 0 Å². The average molecular weight is 263 g/mol. The molecule has 0 aromatic carbocycles. The first-order valence-corrected chi connectivity index (χ1v) is 6.60. The normalized spacial score (nSPS) is 12.6. The molecular formula is C14H21N3O2. The molecule has 0 amide bonds. The van der Waals surface area contributed by atoms with Gasteiger partial charge in [0.2, 0.25) is 0 Å². The fourth-order valence-corrected chi connectivity index (χ4v) is 2.23. The lowest BCUT2D eigenvalue weighted by atomic mass is 10.1. The van der Waals surface area contributed by atoms with Crippen molar-refractivity contribution in [3.05, 3.63) is 35.5 Å². The summed E-state index contributed by atoms with van der Waals surface area (Å²) in [4.78, 5) is 0. The molecule has 5 heteroatoms. The van der Waals surface area contributed by atoms with Crippen molar-refractivity contribution in [2.75, 3.05) is 14.2 Å². The molecule has 0 aliphatic heterocycles. The summed E-state index contributed by atoms with van der Waals surface area (Å²) in [6.45, 7) is 4.92. The average Bonchev–Trinajstić information content (AvgIpc) is 3.06. The number of methoxy groups -OCH3 is 1. The molecule has 0 saturated carbocycles.